The number of nitrogens with zero attached hydrogens (tertiary/aromatic N) is 1. The Labute approximate surface area is 260 Å². The third kappa shape index (κ3) is 6.33. The van der Waals surface area contributed by atoms with Gasteiger partial charge in [-0.15, -0.1) is 0 Å². The van der Waals surface area contributed by atoms with Gasteiger partial charge < -0.3 is 25.5 Å². The van der Waals surface area contributed by atoms with E-state index in [2.05, 4.69) is 26.4 Å². The fourth-order valence-electron chi connectivity index (χ4n) is 6.64. The number of rotatable bonds is 12. The van der Waals surface area contributed by atoms with Crippen molar-refractivity contribution < 1.29 is 29.4 Å². The molecular weight excluding hydrogens is 580 g/mol. The average molecular weight is 621 g/mol. The quantitative estimate of drug-likeness (QED) is 0.228. The van der Waals surface area contributed by atoms with Crippen LogP contribution in [0.15, 0.2) is 16.1 Å². The smallest absolute Gasteiger partial charge is 0.303 e. The summed E-state index contributed by atoms with van der Waals surface area (Å²) in [5.74, 6) is -0.790. The highest BCUT2D eigenvalue weighted by atomic mass is 32.2. The number of aromatic nitrogens is 2. The maximum atomic E-state index is 12.6. The zero-order valence-corrected chi connectivity index (χ0v) is 26.6. The average Bonchev–Trinajstić information content (AvgIpc) is 3.53. The minimum Gasteiger partial charge on any atom is -0.481 e. The molecule has 234 valence electrons. The topological polar surface area (TPSA) is 165 Å². The highest BCUT2D eigenvalue weighted by Gasteiger charge is 2.47. The van der Waals surface area contributed by atoms with E-state index in [9.17, 15) is 29.4 Å². The number of carboxylic acid groups (broad SMARTS) is 2. The zero-order valence-electron chi connectivity index (χ0n) is 25.8. The molecule has 44 heavy (non-hydrogen) atoms. The first-order chi connectivity index (χ1) is 20.9. The van der Waals surface area contributed by atoms with E-state index in [0.29, 0.717) is 42.2 Å². The lowest BCUT2D eigenvalue weighted by atomic mass is 9.89. The summed E-state index contributed by atoms with van der Waals surface area (Å²) in [6.07, 6.45) is 5.54. The number of thioether (sulfide) groups is 1. The van der Waals surface area contributed by atoms with Crippen LogP contribution in [0.25, 0.3) is 12.2 Å². The van der Waals surface area contributed by atoms with Crippen LogP contribution in [0.2, 0.25) is 0 Å². The van der Waals surface area contributed by atoms with Gasteiger partial charge in [-0.05, 0) is 80.0 Å². The second-order valence-corrected chi connectivity index (χ2v) is 13.3. The van der Waals surface area contributed by atoms with Crippen LogP contribution in [0.4, 0.5) is 0 Å². The van der Waals surface area contributed by atoms with Crippen molar-refractivity contribution in [3.05, 3.63) is 55.5 Å². The van der Waals surface area contributed by atoms with Gasteiger partial charge in [0.25, 0.3) is 5.91 Å². The highest BCUT2D eigenvalue weighted by molar-refractivity contribution is 8.06. The molecule has 2 aromatic rings. The number of hydrogen-bond donors (Lipinski definition) is 5. The van der Waals surface area contributed by atoms with Crippen molar-refractivity contribution in [1.29, 1.82) is 0 Å². The molecular formula is C33H40N4O6S. The van der Waals surface area contributed by atoms with E-state index >= 15 is 0 Å². The van der Waals surface area contributed by atoms with Crippen LogP contribution >= 0.6 is 11.8 Å². The molecule has 2 amide bonds. The summed E-state index contributed by atoms with van der Waals surface area (Å²) in [4.78, 5) is 59.4. The molecule has 2 saturated heterocycles. The Morgan fingerprint density at radius 3 is 2.25 bits per heavy atom. The summed E-state index contributed by atoms with van der Waals surface area (Å²) in [6, 6.07) is -0.125. The first kappa shape index (κ1) is 31.6. The molecule has 0 spiro atoms. The van der Waals surface area contributed by atoms with Gasteiger partial charge in [0.15, 0.2) is 0 Å². The number of aromatic amines is 2. The fourth-order valence-corrected chi connectivity index (χ4v) is 7.60. The molecule has 5 rings (SSSR count). The number of allylic oxidation sites excluding steroid dienone is 1. The standard InChI is InChI=1S/C33H40N4O6S/c1-6-19-15(2)24(36-33(19)43)11-22-16(3)20(7-9-29(38)39)25(34-22)13-26-21(8-10-30(40)41)17(4)23(35-26)12-27-31(28-14-44-28)18(5)32(42)37-27/h12-13,18,27-28,31,34-35H,6-11,14H2,1-5H3,(H,37,42)(H,38,39)(H,40,41)/b23-12+,26-13-/t18-,27?,28-,31-/m1/s1. The van der Waals surface area contributed by atoms with E-state index in [-0.39, 0.29) is 42.5 Å². The molecule has 0 saturated carbocycles. The van der Waals surface area contributed by atoms with Crippen LogP contribution in [-0.2, 0) is 38.4 Å². The molecule has 2 fully saturated rings. The molecule has 0 bridgehead atoms. The maximum Gasteiger partial charge on any atom is 0.303 e. The van der Waals surface area contributed by atoms with Gasteiger partial charge in [-0.3, -0.25) is 19.2 Å². The van der Waals surface area contributed by atoms with Gasteiger partial charge in [0.05, 0.1) is 11.8 Å². The van der Waals surface area contributed by atoms with Crippen molar-refractivity contribution in [1.82, 2.24) is 15.3 Å². The van der Waals surface area contributed by atoms with E-state index in [1.54, 1.807) is 0 Å². The van der Waals surface area contributed by atoms with E-state index < -0.39 is 11.9 Å². The SMILES string of the molecule is CCC1=C(C)C(Cc2[nH]c(/C=c3\[nH]/c(=C/C4NC(=O)[C@H](C)[C@H]4[C@H]4CS4)c(C)c3CCC(=O)O)c(CCC(=O)O)c2C)=NC1=O. The van der Waals surface area contributed by atoms with Gasteiger partial charge in [-0.2, -0.15) is 11.8 Å². The van der Waals surface area contributed by atoms with Gasteiger partial charge in [0.2, 0.25) is 5.91 Å². The molecule has 0 aliphatic carbocycles. The van der Waals surface area contributed by atoms with Gasteiger partial charge in [0, 0.05) is 69.8 Å². The molecule has 3 aliphatic rings. The lowest BCUT2D eigenvalue weighted by molar-refractivity contribution is -0.138. The predicted molar refractivity (Wildman–Crippen MR) is 170 cm³/mol. The van der Waals surface area contributed by atoms with Crippen LogP contribution in [0.3, 0.4) is 0 Å². The molecule has 1 unspecified atom stereocenters. The maximum absolute atomic E-state index is 12.6. The number of nitrogens with one attached hydrogen (secondary N) is 3. The second-order valence-electron chi connectivity index (χ2n) is 12.0. The van der Waals surface area contributed by atoms with Gasteiger partial charge in [0.1, 0.15) is 0 Å². The number of carboxylic acids is 2. The Kier molecular flexibility index (Phi) is 9.06. The number of amides is 2. The van der Waals surface area contributed by atoms with Gasteiger partial charge in [-0.1, -0.05) is 13.8 Å². The Bertz CT molecular complexity index is 1720. The first-order valence-electron chi connectivity index (χ1n) is 15.2. The fraction of sp³-hybridized carbons (Fsp3) is 0.485. The summed E-state index contributed by atoms with van der Waals surface area (Å²) in [6.45, 7) is 9.73. The Morgan fingerprint density at radius 2 is 1.66 bits per heavy atom. The van der Waals surface area contributed by atoms with Crippen molar-refractivity contribution in [3.8, 4) is 0 Å². The van der Waals surface area contributed by atoms with E-state index in [4.69, 9.17) is 0 Å². The third-order valence-corrected chi connectivity index (χ3v) is 10.4. The Morgan fingerprint density at radius 1 is 1.00 bits per heavy atom. The van der Waals surface area contributed by atoms with Crippen LogP contribution in [-0.4, -0.2) is 66.7 Å². The minimum absolute atomic E-state index is 0.0440. The Balaban J connectivity index is 1.60. The molecule has 3 aliphatic heterocycles. The number of hydrogen-bond acceptors (Lipinski definition) is 5. The van der Waals surface area contributed by atoms with Crippen molar-refractivity contribution >= 4 is 53.4 Å². The van der Waals surface area contributed by atoms with Crippen molar-refractivity contribution in [2.75, 3.05) is 5.75 Å². The summed E-state index contributed by atoms with van der Waals surface area (Å²) in [7, 11) is 0. The van der Waals surface area contributed by atoms with Crippen molar-refractivity contribution in [2.24, 2.45) is 16.8 Å². The number of carbonyl (C=O) groups excluding carboxylic acids is 2. The van der Waals surface area contributed by atoms with E-state index in [1.807, 2.05) is 52.5 Å². The monoisotopic (exact) mass is 620 g/mol. The minimum atomic E-state index is -0.902. The number of aliphatic imine (C=N–C) groups is 1. The molecule has 11 heteroatoms. The molecule has 5 heterocycles. The summed E-state index contributed by atoms with van der Waals surface area (Å²) in [5, 5.41) is 24.1. The molecule has 10 nitrogen and oxygen atoms in total. The highest BCUT2D eigenvalue weighted by Crippen LogP contribution is 2.44. The lowest BCUT2D eigenvalue weighted by Gasteiger charge is -2.16. The summed E-state index contributed by atoms with van der Waals surface area (Å²) >= 11 is 1.87. The molecule has 0 radical (unpaired) electrons. The van der Waals surface area contributed by atoms with Crippen LogP contribution in [0.5, 0.6) is 0 Å². The van der Waals surface area contributed by atoms with Crippen LogP contribution in [0, 0.1) is 25.7 Å². The van der Waals surface area contributed by atoms with Crippen molar-refractivity contribution in [3.63, 3.8) is 0 Å². The van der Waals surface area contributed by atoms with E-state index in [0.717, 1.165) is 55.7 Å². The van der Waals surface area contributed by atoms with Crippen molar-refractivity contribution in [2.45, 2.75) is 84.4 Å². The Hall–Kier alpha value is -3.86. The van der Waals surface area contributed by atoms with Gasteiger partial charge >= 0.3 is 11.9 Å². The summed E-state index contributed by atoms with van der Waals surface area (Å²) in [5.41, 5.74) is 7.46. The number of carbonyl (C=O) groups is 4. The molecule has 2 aromatic heterocycles. The number of aliphatic carboxylic acids is 2. The van der Waals surface area contributed by atoms with Gasteiger partial charge in [-0.25, -0.2) is 4.99 Å². The van der Waals surface area contributed by atoms with Crippen LogP contribution in [0.1, 0.15) is 73.7 Å². The molecule has 4 atom stereocenters. The molecule has 5 N–H and O–H groups in total. The third-order valence-electron chi connectivity index (χ3n) is 9.36. The second kappa shape index (κ2) is 12.6. The number of H-pyrrole nitrogens is 2. The van der Waals surface area contributed by atoms with Crippen LogP contribution < -0.4 is 16.0 Å². The van der Waals surface area contributed by atoms with E-state index in [1.165, 1.54) is 0 Å². The zero-order chi connectivity index (χ0) is 31.9. The largest absolute Gasteiger partial charge is 0.481 e. The normalized spacial score (nSPS) is 24.0. The summed E-state index contributed by atoms with van der Waals surface area (Å²) < 4.78 is 0. The predicted octanol–water partition coefficient (Wildman–Crippen LogP) is 2.72. The molecule has 0 aromatic carbocycles. The first-order valence-corrected chi connectivity index (χ1v) is 16.2. The lowest BCUT2D eigenvalue weighted by Crippen LogP contribution is -2.31.